The van der Waals surface area contributed by atoms with Crippen molar-refractivity contribution in [1.29, 1.82) is 0 Å². The van der Waals surface area contributed by atoms with E-state index in [4.69, 9.17) is 9.47 Å². The van der Waals surface area contributed by atoms with Crippen molar-refractivity contribution >= 4 is 77.0 Å². The molecule has 0 aromatic rings. The van der Waals surface area contributed by atoms with Crippen molar-refractivity contribution < 1.29 is 72.4 Å². The van der Waals surface area contributed by atoms with Crippen LogP contribution in [0.1, 0.15) is 311 Å². The highest BCUT2D eigenvalue weighted by Gasteiger charge is 2.40. The molecule has 0 unspecified atom stereocenters. The van der Waals surface area contributed by atoms with Crippen LogP contribution in [0.3, 0.4) is 0 Å². The van der Waals surface area contributed by atoms with Gasteiger partial charge in [0, 0.05) is 37.3 Å². The molecule has 0 aliphatic carbocycles. The first-order valence-corrected chi connectivity index (χ1v) is 38.3. The molecule has 0 aromatic carbocycles. The van der Waals surface area contributed by atoms with E-state index in [1.807, 2.05) is 0 Å². The summed E-state index contributed by atoms with van der Waals surface area (Å²) in [6.07, 6.45) is 40.9. The average Bonchev–Trinajstić information content (AvgIpc) is 1.74. The number of hydrogen-bond donors (Lipinski definition) is 8. The number of ether oxygens (including phenoxy) is 2. The minimum atomic E-state index is -1.64. The van der Waals surface area contributed by atoms with Gasteiger partial charge in [-0.3, -0.25) is 47.9 Å². The summed E-state index contributed by atoms with van der Waals surface area (Å²) in [4.78, 5) is 144. The van der Waals surface area contributed by atoms with Crippen molar-refractivity contribution in [2.75, 3.05) is 44.3 Å². The number of unbranched alkanes of at least 4 members (excludes halogenated alkanes) is 33. The van der Waals surface area contributed by atoms with E-state index in [9.17, 15) is 63.0 Å². The Morgan fingerprint density at radius 3 is 1.32 bits per heavy atom. The van der Waals surface area contributed by atoms with Gasteiger partial charge in [-0.1, -0.05) is 247 Å². The number of carboxylic acid groups (broad SMARTS) is 2. The van der Waals surface area contributed by atoms with E-state index < -0.39 is 110 Å². The number of thioether (sulfide) groups is 1. The molecule has 0 aromatic heterocycles. The molecule has 22 nitrogen and oxygen atoms in total. The van der Waals surface area contributed by atoms with Crippen molar-refractivity contribution in [2.24, 2.45) is 5.92 Å². The first kappa shape index (κ1) is 87.5. The van der Waals surface area contributed by atoms with Gasteiger partial charge in [-0.25, -0.2) is 4.79 Å². The molecule has 0 radical (unpaired) electrons. The summed E-state index contributed by atoms with van der Waals surface area (Å²) in [7, 11) is 0. The standard InChI is InChI=1S/C72H129N7O15S/c1-6-9-12-15-18-21-24-26-28-31-34-37-40-45-67(86)93-53-57(94-68(87)46-41-38-35-32-29-27-25-22-19-16-13-10-7-2)54-95-55-60(77-62(80)44-39-36-33-30-23-20-17-14-11-8-3)69(88)75-51-64(82)73-50-63(81)74-52-65(83)76-58(49-66(84)85)71(90)79-47-42-43-61(79)70(89)78-59(72(91)92)48-56(4)5/h56-61H,6-55H2,1-5H3,(H,73,82)(H,74,81)(H,75,88)(H,76,83)(H,77,80)(H,78,89)(H,84,85)(H,91,92)/t57-,58+,59+,60+,61+/m0/s1. The predicted octanol–water partition coefficient (Wildman–Crippen LogP) is 11.8. The first-order chi connectivity index (χ1) is 45.8. The lowest BCUT2D eigenvalue weighted by atomic mass is 10.0. The van der Waals surface area contributed by atoms with Crippen LogP contribution in [0.25, 0.3) is 0 Å². The van der Waals surface area contributed by atoms with Gasteiger partial charge in [0.1, 0.15) is 36.9 Å². The van der Waals surface area contributed by atoms with Gasteiger partial charge in [0.25, 0.3) is 0 Å². The molecule has 1 rings (SSSR count). The average molecular weight is 1360 g/mol. The van der Waals surface area contributed by atoms with Crippen LogP contribution in [-0.4, -0.2) is 155 Å². The Kier molecular flexibility index (Phi) is 54.0. The van der Waals surface area contributed by atoms with Gasteiger partial charge < -0.3 is 56.5 Å². The van der Waals surface area contributed by atoms with E-state index >= 15 is 0 Å². The first-order valence-electron chi connectivity index (χ1n) is 37.2. The Morgan fingerprint density at radius 2 is 0.874 bits per heavy atom. The molecular weight excluding hydrogens is 1230 g/mol. The Bertz CT molecular complexity index is 2160. The number of amides is 7. The molecule has 548 valence electrons. The number of carbonyl (C=O) groups excluding carboxylic acids is 9. The fraction of sp³-hybridized carbons (Fsp3) is 0.847. The Balaban J connectivity index is 2.97. The fourth-order valence-corrected chi connectivity index (χ4v) is 12.6. The maximum atomic E-state index is 13.8. The summed E-state index contributed by atoms with van der Waals surface area (Å²) >= 11 is 1.22. The molecule has 0 spiro atoms. The van der Waals surface area contributed by atoms with Gasteiger partial charge in [0.05, 0.1) is 26.1 Å². The second-order valence-corrected chi connectivity index (χ2v) is 27.7. The van der Waals surface area contributed by atoms with Crippen molar-refractivity contribution in [2.45, 2.75) is 341 Å². The van der Waals surface area contributed by atoms with Crippen molar-refractivity contribution in [3.8, 4) is 0 Å². The molecule has 23 heteroatoms. The molecular formula is C72H129N7O15S. The van der Waals surface area contributed by atoms with Crippen LogP contribution in [0.2, 0.25) is 0 Å². The number of rotatable bonds is 63. The van der Waals surface area contributed by atoms with Gasteiger partial charge >= 0.3 is 23.9 Å². The van der Waals surface area contributed by atoms with Crippen LogP contribution in [0.15, 0.2) is 0 Å². The van der Waals surface area contributed by atoms with E-state index in [-0.39, 0.29) is 74.6 Å². The number of nitrogens with one attached hydrogen (secondary N) is 6. The number of esters is 2. The summed E-state index contributed by atoms with van der Waals surface area (Å²) in [5.74, 6) is -8.59. The van der Waals surface area contributed by atoms with Crippen molar-refractivity contribution in [3.63, 3.8) is 0 Å². The Hall–Kier alpha value is -5.48. The summed E-state index contributed by atoms with van der Waals surface area (Å²) < 4.78 is 11.6. The number of aliphatic carboxylic acids is 2. The van der Waals surface area contributed by atoms with E-state index in [0.29, 0.717) is 25.7 Å². The maximum Gasteiger partial charge on any atom is 0.326 e. The number of hydrogen-bond acceptors (Lipinski definition) is 14. The minimum absolute atomic E-state index is 0.0139. The Labute approximate surface area is 574 Å². The summed E-state index contributed by atoms with van der Waals surface area (Å²) in [6.45, 7) is 8.15. The van der Waals surface area contributed by atoms with Crippen LogP contribution in [0.5, 0.6) is 0 Å². The number of likely N-dealkylation sites (tertiary alicyclic amines) is 1. The number of carboxylic acids is 2. The highest BCUT2D eigenvalue weighted by molar-refractivity contribution is 7.99. The molecule has 1 saturated heterocycles. The van der Waals surface area contributed by atoms with Gasteiger partial charge in [-0.2, -0.15) is 11.8 Å². The van der Waals surface area contributed by atoms with Gasteiger partial charge in [-0.15, -0.1) is 0 Å². The third kappa shape index (κ3) is 48.8. The van der Waals surface area contributed by atoms with Crippen LogP contribution < -0.4 is 31.9 Å². The second kappa shape index (κ2) is 58.7. The van der Waals surface area contributed by atoms with E-state index in [0.717, 1.165) is 69.1 Å². The summed E-state index contributed by atoms with van der Waals surface area (Å²) in [6, 6.07) is -5.08. The summed E-state index contributed by atoms with van der Waals surface area (Å²) in [5, 5.41) is 34.0. The zero-order valence-corrected chi connectivity index (χ0v) is 60.2. The van der Waals surface area contributed by atoms with Crippen LogP contribution in [-0.2, 0) is 62.2 Å². The van der Waals surface area contributed by atoms with Gasteiger partial charge in [-0.05, 0) is 44.4 Å². The van der Waals surface area contributed by atoms with Gasteiger partial charge in [0.2, 0.25) is 41.4 Å². The zero-order valence-electron chi connectivity index (χ0n) is 59.4. The molecule has 0 saturated carbocycles. The molecule has 8 N–H and O–H groups in total. The predicted molar refractivity (Wildman–Crippen MR) is 374 cm³/mol. The molecule has 5 atom stereocenters. The summed E-state index contributed by atoms with van der Waals surface area (Å²) in [5.41, 5.74) is 0. The lowest BCUT2D eigenvalue weighted by molar-refractivity contribution is -0.157. The SMILES string of the molecule is CCCCCCCCCCCCCCCC(=O)OC[C@@H](CSC[C@@H](NC(=O)CCCCCCCCCCCC)C(=O)NCC(=O)NCC(=O)NCC(=O)N[C@H](CC(=O)O)C(=O)N1CCC[C@@H]1C(=O)N[C@H](CC(C)C)C(=O)O)OC(=O)CCCCCCCCCCCCCCC. The molecule has 1 heterocycles. The maximum absolute atomic E-state index is 13.8. The molecule has 7 amide bonds. The number of carbonyl (C=O) groups is 11. The van der Waals surface area contributed by atoms with E-state index in [2.05, 4.69) is 52.7 Å². The Morgan fingerprint density at radius 1 is 0.463 bits per heavy atom. The fourth-order valence-electron chi connectivity index (χ4n) is 11.6. The largest absolute Gasteiger partial charge is 0.481 e. The quantitative estimate of drug-likeness (QED) is 0.0207. The monoisotopic (exact) mass is 1360 g/mol. The van der Waals surface area contributed by atoms with Crippen molar-refractivity contribution in [3.05, 3.63) is 0 Å². The normalized spacial score (nSPS) is 14.1. The lowest BCUT2D eigenvalue weighted by Gasteiger charge is -2.29. The molecule has 1 fully saturated rings. The lowest BCUT2D eigenvalue weighted by Crippen LogP contribution is -2.56. The van der Waals surface area contributed by atoms with Crippen molar-refractivity contribution in [1.82, 2.24) is 36.8 Å². The topological polar surface area (TPSA) is 322 Å². The molecule has 95 heavy (non-hydrogen) atoms. The zero-order chi connectivity index (χ0) is 70.1. The molecule has 1 aliphatic heterocycles. The second-order valence-electron chi connectivity index (χ2n) is 26.6. The van der Waals surface area contributed by atoms with Crippen LogP contribution in [0, 0.1) is 5.92 Å². The van der Waals surface area contributed by atoms with E-state index in [1.54, 1.807) is 13.8 Å². The molecule has 1 aliphatic rings. The third-order valence-corrected chi connectivity index (χ3v) is 18.4. The van der Waals surface area contributed by atoms with E-state index in [1.165, 1.54) is 159 Å². The van der Waals surface area contributed by atoms with Gasteiger partial charge in [0.15, 0.2) is 0 Å². The highest BCUT2D eigenvalue weighted by atomic mass is 32.2. The highest BCUT2D eigenvalue weighted by Crippen LogP contribution is 2.22. The minimum Gasteiger partial charge on any atom is -0.481 e. The number of nitrogens with zero attached hydrogens (tertiary/aromatic N) is 1. The van der Waals surface area contributed by atoms with Crippen LogP contribution in [0.4, 0.5) is 0 Å². The molecule has 0 bridgehead atoms. The smallest absolute Gasteiger partial charge is 0.326 e. The van der Waals surface area contributed by atoms with Crippen LogP contribution >= 0.6 is 11.8 Å². The third-order valence-electron chi connectivity index (χ3n) is 17.2.